The van der Waals surface area contributed by atoms with Crippen LogP contribution in [0.5, 0.6) is 0 Å². The Morgan fingerprint density at radius 3 is 2.00 bits per heavy atom. The molecule has 2 bridgehead atoms. The number of hydrogen-bond acceptors (Lipinski definition) is 1. The maximum atomic E-state index is 12.6. The molecule has 1 amide bonds. The van der Waals surface area contributed by atoms with E-state index >= 15 is 0 Å². The highest BCUT2D eigenvalue weighted by molar-refractivity contribution is 5.82. The van der Waals surface area contributed by atoms with Crippen LogP contribution in [0.2, 0.25) is 0 Å². The fourth-order valence-corrected chi connectivity index (χ4v) is 3.72. The summed E-state index contributed by atoms with van der Waals surface area (Å²) in [5.41, 5.74) is 2.09. The van der Waals surface area contributed by atoms with Gasteiger partial charge in [0.05, 0.1) is 0 Å². The van der Waals surface area contributed by atoms with Crippen LogP contribution in [0.25, 0.3) is 0 Å². The Morgan fingerprint density at radius 2 is 1.60 bits per heavy atom. The van der Waals surface area contributed by atoms with Crippen LogP contribution in [0.15, 0.2) is 24.3 Å². The summed E-state index contributed by atoms with van der Waals surface area (Å²) in [6.07, 6.45) is -4.78. The van der Waals surface area contributed by atoms with Crippen molar-refractivity contribution in [3.05, 3.63) is 35.4 Å². The van der Waals surface area contributed by atoms with E-state index in [1.807, 2.05) is 24.3 Å². The van der Waals surface area contributed by atoms with Gasteiger partial charge in [-0.1, -0.05) is 38.1 Å². The number of benzene rings is 1. The molecule has 1 aliphatic heterocycles. The number of carbonyl (C=O) groups is 1. The third-order valence-corrected chi connectivity index (χ3v) is 4.88. The second-order valence-electron chi connectivity index (χ2n) is 6.26. The molecule has 1 aromatic rings. The second-order valence-corrected chi connectivity index (χ2v) is 6.26. The topological polar surface area (TPSA) is 20.3 Å². The minimum absolute atomic E-state index is 0.0243. The van der Waals surface area contributed by atoms with Gasteiger partial charge in [0.1, 0.15) is 0 Å². The third-order valence-electron chi connectivity index (χ3n) is 4.88. The number of rotatable bonds is 0. The zero-order chi connectivity index (χ0) is 14.7. The molecule has 2 atom stereocenters. The largest absolute Gasteiger partial charge is 0.471 e. The molecular weight excluding hydrogens is 267 g/mol. The molecule has 1 saturated heterocycles. The molecular formula is C15H16F3NO. The molecule has 1 fully saturated rings. The number of fused-ring (bicyclic) bond motifs is 5. The van der Waals surface area contributed by atoms with Gasteiger partial charge in [0, 0.05) is 24.9 Å². The Bertz CT molecular complexity index is 529. The van der Waals surface area contributed by atoms with E-state index in [9.17, 15) is 18.0 Å². The monoisotopic (exact) mass is 283 g/mol. The molecule has 3 rings (SSSR count). The predicted octanol–water partition coefficient (Wildman–Crippen LogP) is 3.30. The van der Waals surface area contributed by atoms with Gasteiger partial charge in [-0.05, 0) is 16.5 Å². The van der Waals surface area contributed by atoms with Gasteiger partial charge in [-0.15, -0.1) is 0 Å². The highest BCUT2D eigenvalue weighted by Gasteiger charge is 2.54. The summed E-state index contributed by atoms with van der Waals surface area (Å²) in [6, 6.07) is 7.77. The van der Waals surface area contributed by atoms with Crippen LogP contribution < -0.4 is 0 Å². The number of likely N-dealkylation sites (tertiary alicyclic amines) is 1. The van der Waals surface area contributed by atoms with Gasteiger partial charge in [-0.25, -0.2) is 0 Å². The molecule has 1 aliphatic carbocycles. The Labute approximate surface area is 115 Å². The van der Waals surface area contributed by atoms with E-state index in [0.717, 1.165) is 16.0 Å². The van der Waals surface area contributed by atoms with Crippen molar-refractivity contribution in [2.45, 2.75) is 31.9 Å². The summed E-state index contributed by atoms with van der Waals surface area (Å²) in [5, 5.41) is 0. The van der Waals surface area contributed by atoms with Crippen LogP contribution in [0, 0.1) is 5.41 Å². The molecule has 2 nitrogen and oxygen atoms in total. The van der Waals surface area contributed by atoms with Gasteiger partial charge in [0.2, 0.25) is 0 Å². The minimum Gasteiger partial charge on any atom is -0.334 e. The molecule has 0 aromatic heterocycles. The maximum Gasteiger partial charge on any atom is 0.471 e. The summed E-state index contributed by atoms with van der Waals surface area (Å²) in [6.45, 7) is 4.47. The first-order chi connectivity index (χ1) is 9.23. The Morgan fingerprint density at radius 1 is 1.15 bits per heavy atom. The number of alkyl halides is 3. The van der Waals surface area contributed by atoms with Gasteiger partial charge in [0.25, 0.3) is 0 Å². The standard InChI is InChI=1S/C15H16F3NO/c1-14(2)11-7-19(13(20)15(16,17)18)8-12(14)10-6-4-3-5-9(10)11/h3-6,11-12H,7-8H2,1-2H3. The Hall–Kier alpha value is -1.52. The van der Waals surface area contributed by atoms with E-state index in [1.54, 1.807) is 0 Å². The first-order valence-electron chi connectivity index (χ1n) is 6.68. The number of carbonyl (C=O) groups excluding carboxylic acids is 1. The van der Waals surface area contributed by atoms with E-state index < -0.39 is 12.1 Å². The van der Waals surface area contributed by atoms with Crippen LogP contribution in [-0.4, -0.2) is 30.1 Å². The predicted molar refractivity (Wildman–Crippen MR) is 68.3 cm³/mol. The van der Waals surface area contributed by atoms with E-state index in [0.29, 0.717) is 0 Å². The normalized spacial score (nSPS) is 27.4. The van der Waals surface area contributed by atoms with E-state index in [2.05, 4.69) is 13.8 Å². The first kappa shape index (κ1) is 13.5. The summed E-state index contributed by atoms with van der Waals surface area (Å²) in [4.78, 5) is 12.5. The lowest BCUT2D eigenvalue weighted by Gasteiger charge is -2.44. The van der Waals surface area contributed by atoms with Gasteiger partial charge >= 0.3 is 12.1 Å². The fourth-order valence-electron chi connectivity index (χ4n) is 3.72. The number of amides is 1. The number of hydrogen-bond donors (Lipinski definition) is 0. The number of piperidine rings is 1. The lowest BCUT2D eigenvalue weighted by Crippen LogP contribution is -2.51. The average molecular weight is 283 g/mol. The van der Waals surface area contributed by atoms with Crippen molar-refractivity contribution >= 4 is 5.91 Å². The zero-order valence-electron chi connectivity index (χ0n) is 11.4. The van der Waals surface area contributed by atoms with E-state index in [4.69, 9.17) is 0 Å². The second kappa shape index (κ2) is 3.99. The van der Waals surface area contributed by atoms with Crippen LogP contribution >= 0.6 is 0 Å². The summed E-state index contributed by atoms with van der Waals surface area (Å²) < 4.78 is 37.9. The van der Waals surface area contributed by atoms with Crippen molar-refractivity contribution in [1.82, 2.24) is 4.90 Å². The lowest BCUT2D eigenvalue weighted by molar-refractivity contribution is -0.188. The molecule has 5 heteroatoms. The van der Waals surface area contributed by atoms with Gasteiger partial charge in [-0.3, -0.25) is 4.79 Å². The Kier molecular flexibility index (Phi) is 2.69. The van der Waals surface area contributed by atoms with Crippen LogP contribution in [0.3, 0.4) is 0 Å². The van der Waals surface area contributed by atoms with Crippen molar-refractivity contribution < 1.29 is 18.0 Å². The summed E-state index contributed by atoms with van der Waals surface area (Å²) in [5.74, 6) is -1.76. The highest BCUT2D eigenvalue weighted by atomic mass is 19.4. The highest BCUT2D eigenvalue weighted by Crippen LogP contribution is 2.58. The first-order valence-corrected chi connectivity index (χ1v) is 6.68. The molecule has 20 heavy (non-hydrogen) atoms. The molecule has 1 heterocycles. The van der Waals surface area contributed by atoms with Crippen molar-refractivity contribution in [3.63, 3.8) is 0 Å². The fraction of sp³-hybridized carbons (Fsp3) is 0.533. The van der Waals surface area contributed by atoms with E-state index in [1.165, 1.54) is 0 Å². The van der Waals surface area contributed by atoms with Crippen molar-refractivity contribution in [2.75, 3.05) is 13.1 Å². The minimum atomic E-state index is -4.78. The third kappa shape index (κ3) is 1.75. The van der Waals surface area contributed by atoms with Crippen LogP contribution in [0.4, 0.5) is 13.2 Å². The lowest BCUT2D eigenvalue weighted by atomic mass is 9.70. The molecule has 108 valence electrons. The molecule has 0 saturated carbocycles. The average Bonchev–Trinajstić information content (AvgIpc) is 2.51. The molecule has 2 unspecified atom stereocenters. The Balaban J connectivity index is 1.98. The van der Waals surface area contributed by atoms with Gasteiger partial charge in [0.15, 0.2) is 0 Å². The summed E-state index contributed by atoms with van der Waals surface area (Å²) in [7, 11) is 0. The molecule has 0 radical (unpaired) electrons. The van der Waals surface area contributed by atoms with Crippen molar-refractivity contribution in [3.8, 4) is 0 Å². The zero-order valence-corrected chi connectivity index (χ0v) is 11.4. The molecule has 2 aliphatic rings. The molecule has 0 spiro atoms. The number of halogens is 3. The maximum absolute atomic E-state index is 12.6. The van der Waals surface area contributed by atoms with Crippen molar-refractivity contribution in [2.24, 2.45) is 5.41 Å². The SMILES string of the molecule is CC1(C)C2CN(C(=O)C(F)(F)F)CC1c1ccccc12. The smallest absolute Gasteiger partial charge is 0.334 e. The van der Waals surface area contributed by atoms with Crippen LogP contribution in [0.1, 0.15) is 36.8 Å². The number of nitrogens with zero attached hydrogens (tertiary/aromatic N) is 1. The van der Waals surface area contributed by atoms with Crippen LogP contribution in [-0.2, 0) is 4.79 Å². The summed E-state index contributed by atoms with van der Waals surface area (Å²) >= 11 is 0. The van der Waals surface area contributed by atoms with Crippen molar-refractivity contribution in [1.29, 1.82) is 0 Å². The quantitative estimate of drug-likeness (QED) is 0.715. The molecule has 1 aromatic carbocycles. The van der Waals surface area contributed by atoms with Gasteiger partial charge in [-0.2, -0.15) is 13.2 Å². The van der Waals surface area contributed by atoms with E-state index in [-0.39, 0.29) is 30.3 Å². The van der Waals surface area contributed by atoms with Gasteiger partial charge < -0.3 is 4.90 Å². The molecule has 0 N–H and O–H groups in total.